The van der Waals surface area contributed by atoms with Gasteiger partial charge in [-0.15, -0.1) is 11.3 Å². The first-order valence-electron chi connectivity index (χ1n) is 9.02. The van der Waals surface area contributed by atoms with Gasteiger partial charge in [0.25, 0.3) is 5.91 Å². The standard InChI is InChI=1S/C21H17N3O3S/c1-26-15-7-2-12(3-8-15)21-23-17(11-28-21)19-16-10-13(4-9-18(16)27-24-19)20(25)22-14-5-6-14/h2-4,7-11,14H,5-6H2,1H3,(H,22,25). The third-order valence-corrected chi connectivity index (χ3v) is 5.62. The molecule has 28 heavy (non-hydrogen) atoms. The number of nitrogens with one attached hydrogen (secondary N) is 1. The maximum atomic E-state index is 12.4. The molecule has 0 atom stereocenters. The highest BCUT2D eigenvalue weighted by atomic mass is 32.1. The van der Waals surface area contributed by atoms with E-state index in [1.165, 1.54) is 11.3 Å². The highest BCUT2D eigenvalue weighted by molar-refractivity contribution is 7.13. The summed E-state index contributed by atoms with van der Waals surface area (Å²) in [5.74, 6) is 0.744. The first-order chi connectivity index (χ1) is 13.7. The van der Waals surface area contributed by atoms with Crippen LogP contribution in [0.25, 0.3) is 32.9 Å². The van der Waals surface area contributed by atoms with Gasteiger partial charge in [-0.25, -0.2) is 4.98 Å². The molecule has 4 aromatic rings. The molecule has 6 nitrogen and oxygen atoms in total. The van der Waals surface area contributed by atoms with Gasteiger partial charge in [0, 0.05) is 22.5 Å². The number of hydrogen-bond donors (Lipinski definition) is 1. The number of fused-ring (bicyclic) bond motifs is 1. The Morgan fingerprint density at radius 2 is 2.04 bits per heavy atom. The van der Waals surface area contributed by atoms with Crippen LogP contribution in [0.15, 0.2) is 52.4 Å². The minimum atomic E-state index is -0.0613. The van der Waals surface area contributed by atoms with Gasteiger partial charge >= 0.3 is 0 Å². The molecule has 0 unspecified atom stereocenters. The highest BCUT2D eigenvalue weighted by Gasteiger charge is 2.24. The largest absolute Gasteiger partial charge is 0.497 e. The van der Waals surface area contributed by atoms with E-state index in [1.807, 2.05) is 35.7 Å². The lowest BCUT2D eigenvalue weighted by molar-refractivity contribution is 0.0951. The number of carbonyl (C=O) groups excluding carboxylic acids is 1. The fraction of sp³-hybridized carbons (Fsp3) is 0.190. The van der Waals surface area contributed by atoms with E-state index in [2.05, 4.69) is 10.5 Å². The van der Waals surface area contributed by atoms with Crippen molar-refractivity contribution >= 4 is 28.2 Å². The summed E-state index contributed by atoms with van der Waals surface area (Å²) in [6.45, 7) is 0. The molecule has 0 aliphatic heterocycles. The summed E-state index contributed by atoms with van der Waals surface area (Å²) in [5.41, 5.74) is 3.63. The zero-order chi connectivity index (χ0) is 19.1. The minimum absolute atomic E-state index is 0.0613. The molecule has 1 amide bonds. The zero-order valence-corrected chi connectivity index (χ0v) is 16.0. The third kappa shape index (κ3) is 3.14. The van der Waals surface area contributed by atoms with Crippen LogP contribution in [0.1, 0.15) is 23.2 Å². The molecule has 1 fully saturated rings. The molecular formula is C21H17N3O3S. The van der Waals surface area contributed by atoms with Crippen LogP contribution in [0.5, 0.6) is 5.75 Å². The van der Waals surface area contributed by atoms with Crippen LogP contribution in [0.3, 0.4) is 0 Å². The van der Waals surface area contributed by atoms with Crippen LogP contribution in [0.4, 0.5) is 0 Å². The molecule has 1 N–H and O–H groups in total. The third-order valence-electron chi connectivity index (χ3n) is 4.73. The van der Waals surface area contributed by atoms with E-state index in [1.54, 1.807) is 19.2 Å². The Balaban J connectivity index is 1.48. The van der Waals surface area contributed by atoms with Crippen molar-refractivity contribution in [3.05, 3.63) is 53.4 Å². The summed E-state index contributed by atoms with van der Waals surface area (Å²) >= 11 is 1.54. The van der Waals surface area contributed by atoms with Gasteiger partial charge in [0.2, 0.25) is 0 Å². The molecule has 0 spiro atoms. The molecule has 2 aromatic heterocycles. The van der Waals surface area contributed by atoms with Gasteiger partial charge in [-0.05, 0) is 55.3 Å². The summed E-state index contributed by atoms with van der Waals surface area (Å²) < 4.78 is 10.6. The van der Waals surface area contributed by atoms with Crippen molar-refractivity contribution < 1.29 is 14.1 Å². The number of carbonyl (C=O) groups is 1. The number of aromatic nitrogens is 2. The Kier molecular flexibility index (Phi) is 4.09. The van der Waals surface area contributed by atoms with Gasteiger partial charge in [0.15, 0.2) is 5.58 Å². The molecule has 7 heteroatoms. The maximum Gasteiger partial charge on any atom is 0.251 e. The van der Waals surface area contributed by atoms with Gasteiger partial charge < -0.3 is 14.6 Å². The van der Waals surface area contributed by atoms with E-state index in [0.717, 1.165) is 40.2 Å². The van der Waals surface area contributed by atoms with Crippen molar-refractivity contribution in [1.82, 2.24) is 15.5 Å². The first kappa shape index (κ1) is 16.9. The van der Waals surface area contributed by atoms with E-state index in [9.17, 15) is 4.79 Å². The van der Waals surface area contributed by atoms with Crippen LogP contribution in [0, 0.1) is 0 Å². The number of hydrogen-bond acceptors (Lipinski definition) is 6. The smallest absolute Gasteiger partial charge is 0.251 e. The van der Waals surface area contributed by atoms with Crippen LogP contribution >= 0.6 is 11.3 Å². The molecule has 0 bridgehead atoms. The fourth-order valence-corrected chi connectivity index (χ4v) is 3.82. The Morgan fingerprint density at radius 3 is 2.79 bits per heavy atom. The molecule has 2 aromatic carbocycles. The van der Waals surface area contributed by atoms with Crippen molar-refractivity contribution in [3.63, 3.8) is 0 Å². The molecule has 1 saturated carbocycles. The average Bonchev–Trinajstić information content (AvgIpc) is 3.25. The Bertz CT molecular complexity index is 1160. The molecule has 2 heterocycles. The van der Waals surface area contributed by atoms with E-state index >= 15 is 0 Å². The van der Waals surface area contributed by atoms with Crippen molar-refractivity contribution in [2.45, 2.75) is 18.9 Å². The van der Waals surface area contributed by atoms with Crippen molar-refractivity contribution in [3.8, 4) is 27.7 Å². The van der Waals surface area contributed by atoms with Crippen LogP contribution in [-0.4, -0.2) is 29.2 Å². The number of methoxy groups -OCH3 is 1. The second-order valence-electron chi connectivity index (χ2n) is 6.76. The van der Waals surface area contributed by atoms with Gasteiger partial charge in [-0.2, -0.15) is 0 Å². The topological polar surface area (TPSA) is 77.2 Å². The predicted molar refractivity (Wildman–Crippen MR) is 108 cm³/mol. The van der Waals surface area contributed by atoms with Gasteiger partial charge in [-0.1, -0.05) is 5.16 Å². The zero-order valence-electron chi connectivity index (χ0n) is 15.1. The molecule has 140 valence electrons. The maximum absolute atomic E-state index is 12.4. The van der Waals surface area contributed by atoms with Crippen molar-refractivity contribution in [2.24, 2.45) is 0 Å². The number of amides is 1. The second kappa shape index (κ2) is 6.76. The molecule has 5 rings (SSSR count). The van der Waals surface area contributed by atoms with Crippen molar-refractivity contribution in [2.75, 3.05) is 7.11 Å². The number of ether oxygens (including phenoxy) is 1. The molecule has 1 aliphatic rings. The second-order valence-corrected chi connectivity index (χ2v) is 7.61. The molecular weight excluding hydrogens is 374 g/mol. The summed E-state index contributed by atoms with van der Waals surface area (Å²) in [6, 6.07) is 13.5. The lowest BCUT2D eigenvalue weighted by atomic mass is 10.1. The Morgan fingerprint density at radius 1 is 1.21 bits per heavy atom. The molecule has 0 radical (unpaired) electrons. The van der Waals surface area contributed by atoms with Crippen molar-refractivity contribution in [1.29, 1.82) is 0 Å². The van der Waals surface area contributed by atoms with Gasteiger partial charge in [0.05, 0.1) is 12.5 Å². The van der Waals surface area contributed by atoms with Crippen LogP contribution in [0.2, 0.25) is 0 Å². The minimum Gasteiger partial charge on any atom is -0.497 e. The predicted octanol–water partition coefficient (Wildman–Crippen LogP) is 4.52. The summed E-state index contributed by atoms with van der Waals surface area (Å²) in [7, 11) is 1.64. The first-order valence-corrected chi connectivity index (χ1v) is 9.90. The lowest BCUT2D eigenvalue weighted by Crippen LogP contribution is -2.25. The van der Waals surface area contributed by atoms with E-state index in [4.69, 9.17) is 14.2 Å². The van der Waals surface area contributed by atoms with Gasteiger partial charge in [-0.3, -0.25) is 4.79 Å². The number of rotatable bonds is 5. The molecule has 1 aliphatic carbocycles. The summed E-state index contributed by atoms with van der Waals surface area (Å²) in [4.78, 5) is 17.1. The lowest BCUT2D eigenvalue weighted by Gasteiger charge is -2.02. The Hall–Kier alpha value is -3.19. The average molecular weight is 391 g/mol. The number of benzene rings is 2. The van der Waals surface area contributed by atoms with E-state index < -0.39 is 0 Å². The Labute approximate surface area is 165 Å². The fourth-order valence-electron chi connectivity index (χ4n) is 3.01. The number of thiazole rings is 1. The quantitative estimate of drug-likeness (QED) is 0.541. The van der Waals surface area contributed by atoms with E-state index in [0.29, 0.717) is 22.9 Å². The van der Waals surface area contributed by atoms with Crippen LogP contribution in [-0.2, 0) is 0 Å². The van der Waals surface area contributed by atoms with Gasteiger partial charge in [0.1, 0.15) is 22.1 Å². The van der Waals surface area contributed by atoms with E-state index in [-0.39, 0.29) is 5.91 Å². The monoisotopic (exact) mass is 391 g/mol. The van der Waals surface area contributed by atoms with Crippen LogP contribution < -0.4 is 10.1 Å². The SMILES string of the molecule is COc1ccc(-c2nc(-c3noc4ccc(C(=O)NC5CC5)cc34)cs2)cc1. The summed E-state index contributed by atoms with van der Waals surface area (Å²) in [5, 5.41) is 10.8. The molecule has 0 saturated heterocycles. The highest BCUT2D eigenvalue weighted by Crippen LogP contribution is 2.33. The normalized spacial score (nSPS) is 13.6. The number of nitrogens with zero attached hydrogens (tertiary/aromatic N) is 2. The summed E-state index contributed by atoms with van der Waals surface area (Å²) in [6.07, 6.45) is 2.11.